The Balaban J connectivity index is 2.70. The van der Waals surface area contributed by atoms with Gasteiger partial charge >= 0.3 is 5.97 Å². The van der Waals surface area contributed by atoms with Gasteiger partial charge in [-0.05, 0) is 18.4 Å². The summed E-state index contributed by atoms with van der Waals surface area (Å²) in [6.07, 6.45) is 2.27. The molecule has 0 aromatic carbocycles. The summed E-state index contributed by atoms with van der Waals surface area (Å²) in [6.45, 7) is 4.51. The Morgan fingerprint density at radius 2 is 2.32 bits per heavy atom. The number of hydrogen-bond donors (Lipinski definition) is 1. The first kappa shape index (κ1) is 15.1. The largest absolute Gasteiger partial charge is 0.468 e. The van der Waals surface area contributed by atoms with Crippen LogP contribution in [-0.2, 0) is 16.1 Å². The van der Waals surface area contributed by atoms with E-state index in [1.165, 1.54) is 7.11 Å². The quantitative estimate of drug-likeness (QED) is 0.788. The van der Waals surface area contributed by atoms with Crippen molar-refractivity contribution in [3.63, 3.8) is 0 Å². The van der Waals surface area contributed by atoms with Gasteiger partial charge < -0.3 is 10.1 Å². The van der Waals surface area contributed by atoms with E-state index < -0.39 is 0 Å². The molecule has 1 rings (SSSR count). The van der Waals surface area contributed by atoms with Crippen molar-refractivity contribution in [1.82, 2.24) is 10.3 Å². The van der Waals surface area contributed by atoms with Gasteiger partial charge in [-0.1, -0.05) is 19.9 Å². The van der Waals surface area contributed by atoms with Gasteiger partial charge in [-0.2, -0.15) is 5.26 Å². The number of pyridine rings is 1. The Morgan fingerprint density at radius 3 is 2.89 bits per heavy atom. The maximum Gasteiger partial charge on any atom is 0.322 e. The first-order chi connectivity index (χ1) is 9.08. The number of carbonyl (C=O) groups excluding carboxylic acids is 1. The molecule has 0 saturated carbocycles. The first-order valence-corrected chi connectivity index (χ1v) is 6.23. The van der Waals surface area contributed by atoms with E-state index in [1.807, 2.05) is 26.0 Å². The number of carbonyl (C=O) groups is 1. The van der Waals surface area contributed by atoms with Crippen LogP contribution in [0.3, 0.4) is 0 Å². The topological polar surface area (TPSA) is 75.0 Å². The molecule has 102 valence electrons. The summed E-state index contributed by atoms with van der Waals surface area (Å²) in [6, 6.07) is 5.26. The van der Waals surface area contributed by atoms with Gasteiger partial charge in [0.15, 0.2) is 0 Å². The van der Waals surface area contributed by atoms with Gasteiger partial charge in [0.1, 0.15) is 17.8 Å². The van der Waals surface area contributed by atoms with E-state index in [-0.39, 0.29) is 12.0 Å². The van der Waals surface area contributed by atoms with E-state index in [2.05, 4.69) is 10.3 Å². The Hall–Kier alpha value is -1.93. The van der Waals surface area contributed by atoms with Crippen LogP contribution in [0.4, 0.5) is 0 Å². The van der Waals surface area contributed by atoms with E-state index in [1.54, 1.807) is 12.3 Å². The third kappa shape index (κ3) is 4.68. The van der Waals surface area contributed by atoms with Gasteiger partial charge in [-0.15, -0.1) is 0 Å². The Kier molecular flexibility index (Phi) is 5.97. The van der Waals surface area contributed by atoms with Crippen LogP contribution in [-0.4, -0.2) is 24.1 Å². The highest BCUT2D eigenvalue weighted by molar-refractivity contribution is 5.75. The molecule has 0 aliphatic rings. The highest BCUT2D eigenvalue weighted by Crippen LogP contribution is 2.09. The third-order valence-corrected chi connectivity index (χ3v) is 2.73. The smallest absolute Gasteiger partial charge is 0.322 e. The highest BCUT2D eigenvalue weighted by Gasteiger charge is 2.20. The minimum atomic E-state index is -0.364. The fourth-order valence-corrected chi connectivity index (χ4v) is 1.79. The number of rotatable bonds is 6. The number of methoxy groups -OCH3 is 1. The zero-order chi connectivity index (χ0) is 14.3. The lowest BCUT2D eigenvalue weighted by molar-refractivity contribution is -0.143. The zero-order valence-corrected chi connectivity index (χ0v) is 11.5. The van der Waals surface area contributed by atoms with Crippen molar-refractivity contribution in [1.29, 1.82) is 5.26 Å². The van der Waals surface area contributed by atoms with Gasteiger partial charge in [0.2, 0.25) is 0 Å². The predicted molar refractivity (Wildman–Crippen MR) is 71.1 cm³/mol. The Labute approximate surface area is 113 Å². The summed E-state index contributed by atoms with van der Waals surface area (Å²) < 4.78 is 4.78. The molecule has 1 unspecified atom stereocenters. The van der Waals surface area contributed by atoms with Gasteiger partial charge in [0, 0.05) is 18.3 Å². The molecule has 0 spiro atoms. The molecule has 1 N–H and O–H groups in total. The van der Waals surface area contributed by atoms with Crippen molar-refractivity contribution < 1.29 is 9.53 Å². The summed E-state index contributed by atoms with van der Waals surface area (Å²) in [5.41, 5.74) is 1.16. The molecular weight excluding hydrogens is 242 g/mol. The van der Waals surface area contributed by atoms with Crippen molar-refractivity contribution in [3.8, 4) is 6.07 Å². The van der Waals surface area contributed by atoms with Crippen molar-refractivity contribution in [3.05, 3.63) is 29.6 Å². The lowest BCUT2D eigenvalue weighted by Crippen LogP contribution is -2.38. The lowest BCUT2D eigenvalue weighted by atomic mass is 10.0. The molecule has 0 bridgehead atoms. The summed E-state index contributed by atoms with van der Waals surface area (Å²) >= 11 is 0. The molecule has 0 fully saturated rings. The molecule has 0 radical (unpaired) electrons. The number of nitrogens with zero attached hydrogens (tertiary/aromatic N) is 2. The van der Waals surface area contributed by atoms with Gasteiger partial charge in [0.05, 0.1) is 7.11 Å². The van der Waals surface area contributed by atoms with Crippen LogP contribution in [0.2, 0.25) is 0 Å². The Morgan fingerprint density at radius 1 is 1.58 bits per heavy atom. The summed E-state index contributed by atoms with van der Waals surface area (Å²) in [5, 5.41) is 12.1. The molecule has 0 aliphatic carbocycles. The van der Waals surface area contributed by atoms with Crippen molar-refractivity contribution in [2.45, 2.75) is 32.9 Å². The monoisotopic (exact) mass is 261 g/mol. The molecule has 1 atom stereocenters. The predicted octanol–water partition coefficient (Wildman–Crippen LogP) is 1.63. The molecule has 19 heavy (non-hydrogen) atoms. The van der Waals surface area contributed by atoms with E-state index in [4.69, 9.17) is 10.00 Å². The molecule has 0 amide bonds. The molecule has 5 heteroatoms. The van der Waals surface area contributed by atoms with E-state index >= 15 is 0 Å². The molecule has 0 saturated heterocycles. The number of aromatic nitrogens is 1. The van der Waals surface area contributed by atoms with E-state index in [0.29, 0.717) is 24.6 Å². The molecule has 5 nitrogen and oxygen atoms in total. The van der Waals surface area contributed by atoms with Crippen LogP contribution in [0.1, 0.15) is 31.5 Å². The molecule has 0 aliphatic heterocycles. The number of nitrogens with one attached hydrogen (secondary N) is 1. The fraction of sp³-hybridized carbons (Fsp3) is 0.500. The number of nitriles is 1. The van der Waals surface area contributed by atoms with E-state index in [0.717, 1.165) is 5.56 Å². The fourth-order valence-electron chi connectivity index (χ4n) is 1.79. The summed E-state index contributed by atoms with van der Waals surface area (Å²) in [5.74, 6) is 0.0945. The average molecular weight is 261 g/mol. The maximum atomic E-state index is 11.7. The average Bonchev–Trinajstić information content (AvgIpc) is 2.42. The minimum Gasteiger partial charge on any atom is -0.468 e. The zero-order valence-electron chi connectivity index (χ0n) is 11.5. The molecular formula is C14H19N3O2. The maximum absolute atomic E-state index is 11.7. The van der Waals surface area contributed by atoms with Crippen LogP contribution < -0.4 is 5.32 Å². The lowest BCUT2D eigenvalue weighted by Gasteiger charge is -2.18. The van der Waals surface area contributed by atoms with Crippen LogP contribution >= 0.6 is 0 Å². The van der Waals surface area contributed by atoms with Crippen molar-refractivity contribution in [2.24, 2.45) is 5.92 Å². The minimum absolute atomic E-state index is 0.281. The van der Waals surface area contributed by atoms with Gasteiger partial charge in [0.25, 0.3) is 0 Å². The first-order valence-electron chi connectivity index (χ1n) is 6.23. The summed E-state index contributed by atoms with van der Waals surface area (Å²) in [4.78, 5) is 15.6. The van der Waals surface area contributed by atoms with Crippen LogP contribution in [0.25, 0.3) is 0 Å². The van der Waals surface area contributed by atoms with Gasteiger partial charge in [-0.3, -0.25) is 4.79 Å². The van der Waals surface area contributed by atoms with Gasteiger partial charge in [-0.25, -0.2) is 4.98 Å². The SMILES string of the molecule is COC(=O)C(CC(C)C)NCc1cccnc1C#N. The number of esters is 1. The third-order valence-electron chi connectivity index (χ3n) is 2.73. The highest BCUT2D eigenvalue weighted by atomic mass is 16.5. The van der Waals surface area contributed by atoms with Crippen LogP contribution in [0.5, 0.6) is 0 Å². The van der Waals surface area contributed by atoms with Crippen LogP contribution in [0.15, 0.2) is 18.3 Å². The van der Waals surface area contributed by atoms with Crippen molar-refractivity contribution >= 4 is 5.97 Å². The number of hydrogen-bond acceptors (Lipinski definition) is 5. The van der Waals surface area contributed by atoms with Crippen LogP contribution in [0, 0.1) is 17.2 Å². The molecule has 1 aromatic heterocycles. The normalized spacial score (nSPS) is 11.9. The molecule has 1 heterocycles. The second-order valence-electron chi connectivity index (χ2n) is 4.71. The Bertz CT molecular complexity index is 466. The molecule has 1 aromatic rings. The second-order valence-corrected chi connectivity index (χ2v) is 4.71. The summed E-state index contributed by atoms with van der Waals surface area (Å²) in [7, 11) is 1.38. The van der Waals surface area contributed by atoms with Crippen molar-refractivity contribution in [2.75, 3.05) is 7.11 Å². The second kappa shape index (κ2) is 7.49. The van der Waals surface area contributed by atoms with E-state index in [9.17, 15) is 4.79 Å². The standard InChI is InChI=1S/C14H19N3O2/c1-10(2)7-12(14(18)19-3)17-9-11-5-4-6-16-13(11)8-15/h4-6,10,12,17H,7,9H2,1-3H3. The number of ether oxygens (including phenoxy) is 1.